The first-order chi connectivity index (χ1) is 12.9. The first kappa shape index (κ1) is 19.6. The Labute approximate surface area is 165 Å². The molecule has 0 aliphatic carbocycles. The number of ether oxygens (including phenoxy) is 2. The van der Waals surface area contributed by atoms with Crippen molar-refractivity contribution in [3.8, 4) is 17.1 Å². The van der Waals surface area contributed by atoms with E-state index in [4.69, 9.17) is 26.1 Å². The molecular weight excluding hydrogens is 362 g/mol. The number of nitrogens with zero attached hydrogens (tertiary/aromatic N) is 3. The first-order valence-electron chi connectivity index (χ1n) is 9.09. The molecule has 0 aliphatic heterocycles. The fraction of sp³-hybridized carbons (Fsp3) is 0.429. The standard InChI is InChI=1S/C21H26ClN3O2/c1-12(2)17-8-7-15(21(23-17)27-6)20-16(22)9-18-19(24-20)13(3)10-25(18)14(4)11-26-5/h7-10,12,14H,11H2,1-6H3/t14-/m0/s1. The molecule has 3 aromatic rings. The van der Waals surface area contributed by atoms with Gasteiger partial charge in [0.2, 0.25) is 5.88 Å². The van der Waals surface area contributed by atoms with Gasteiger partial charge in [-0.3, -0.25) is 0 Å². The Kier molecular flexibility index (Phi) is 5.72. The van der Waals surface area contributed by atoms with Crippen LogP contribution >= 0.6 is 11.6 Å². The molecular formula is C21H26ClN3O2. The van der Waals surface area contributed by atoms with E-state index in [0.717, 1.165) is 27.9 Å². The molecule has 1 atom stereocenters. The quantitative estimate of drug-likeness (QED) is 0.568. The van der Waals surface area contributed by atoms with E-state index in [0.29, 0.717) is 29.1 Å². The number of methoxy groups -OCH3 is 2. The lowest BCUT2D eigenvalue weighted by Crippen LogP contribution is -2.09. The Bertz CT molecular complexity index is 966. The molecule has 3 heterocycles. The minimum atomic E-state index is 0.191. The van der Waals surface area contributed by atoms with E-state index in [2.05, 4.69) is 43.4 Å². The maximum atomic E-state index is 6.64. The van der Waals surface area contributed by atoms with Crippen LogP contribution in [0.2, 0.25) is 5.02 Å². The molecule has 3 rings (SSSR count). The topological polar surface area (TPSA) is 49.2 Å². The number of hydrogen-bond donors (Lipinski definition) is 0. The summed E-state index contributed by atoms with van der Waals surface area (Å²) in [6.07, 6.45) is 2.10. The zero-order valence-electron chi connectivity index (χ0n) is 16.7. The third-order valence-electron chi connectivity index (χ3n) is 4.74. The van der Waals surface area contributed by atoms with Crippen LogP contribution < -0.4 is 4.74 Å². The largest absolute Gasteiger partial charge is 0.480 e. The molecule has 27 heavy (non-hydrogen) atoms. The summed E-state index contributed by atoms with van der Waals surface area (Å²) in [4.78, 5) is 9.50. The highest BCUT2D eigenvalue weighted by atomic mass is 35.5. The van der Waals surface area contributed by atoms with Gasteiger partial charge in [-0.25, -0.2) is 9.97 Å². The average Bonchev–Trinajstić information content (AvgIpc) is 2.96. The van der Waals surface area contributed by atoms with Gasteiger partial charge in [0.25, 0.3) is 0 Å². The van der Waals surface area contributed by atoms with Gasteiger partial charge in [-0.2, -0.15) is 0 Å². The second-order valence-corrected chi connectivity index (χ2v) is 7.57. The predicted octanol–water partition coefficient (Wildman–Crippen LogP) is 5.40. The number of fused-ring (bicyclic) bond motifs is 1. The normalized spacial score (nSPS) is 12.7. The molecule has 0 radical (unpaired) electrons. The van der Waals surface area contributed by atoms with Crippen molar-refractivity contribution in [3.05, 3.63) is 40.7 Å². The maximum Gasteiger partial charge on any atom is 0.222 e. The monoisotopic (exact) mass is 387 g/mol. The number of hydrogen-bond acceptors (Lipinski definition) is 4. The van der Waals surface area contributed by atoms with E-state index in [1.807, 2.05) is 18.2 Å². The highest BCUT2D eigenvalue weighted by molar-refractivity contribution is 6.33. The molecule has 0 amide bonds. The lowest BCUT2D eigenvalue weighted by molar-refractivity contribution is 0.164. The van der Waals surface area contributed by atoms with Gasteiger partial charge in [-0.05, 0) is 43.5 Å². The summed E-state index contributed by atoms with van der Waals surface area (Å²) in [5.41, 5.74) is 5.47. The maximum absolute atomic E-state index is 6.64. The predicted molar refractivity (Wildman–Crippen MR) is 110 cm³/mol. The summed E-state index contributed by atoms with van der Waals surface area (Å²) in [6.45, 7) is 9.00. The van der Waals surface area contributed by atoms with Crippen molar-refractivity contribution in [1.29, 1.82) is 0 Å². The van der Waals surface area contributed by atoms with Gasteiger partial charge in [0.15, 0.2) is 0 Å². The van der Waals surface area contributed by atoms with E-state index in [1.165, 1.54) is 0 Å². The zero-order valence-corrected chi connectivity index (χ0v) is 17.5. The summed E-state index contributed by atoms with van der Waals surface area (Å²) in [6, 6.07) is 6.15. The van der Waals surface area contributed by atoms with Gasteiger partial charge < -0.3 is 14.0 Å². The van der Waals surface area contributed by atoms with E-state index < -0.39 is 0 Å². The zero-order chi connectivity index (χ0) is 19.7. The van der Waals surface area contributed by atoms with Gasteiger partial charge >= 0.3 is 0 Å². The molecule has 0 aromatic carbocycles. The molecule has 0 aliphatic rings. The van der Waals surface area contributed by atoms with E-state index in [1.54, 1.807) is 14.2 Å². The van der Waals surface area contributed by atoms with E-state index in [9.17, 15) is 0 Å². The Morgan fingerprint density at radius 1 is 1.15 bits per heavy atom. The highest BCUT2D eigenvalue weighted by Gasteiger charge is 2.19. The molecule has 0 spiro atoms. The highest BCUT2D eigenvalue weighted by Crippen LogP contribution is 2.36. The van der Waals surface area contributed by atoms with Crippen LogP contribution in [0.4, 0.5) is 0 Å². The summed E-state index contributed by atoms with van der Waals surface area (Å²) < 4.78 is 13.0. The van der Waals surface area contributed by atoms with Crippen molar-refractivity contribution in [2.75, 3.05) is 20.8 Å². The van der Waals surface area contributed by atoms with Gasteiger partial charge in [0, 0.05) is 19.0 Å². The van der Waals surface area contributed by atoms with Crippen molar-refractivity contribution in [1.82, 2.24) is 14.5 Å². The lowest BCUT2D eigenvalue weighted by atomic mass is 10.1. The molecule has 0 bridgehead atoms. The smallest absolute Gasteiger partial charge is 0.222 e. The van der Waals surface area contributed by atoms with Crippen molar-refractivity contribution in [2.45, 2.75) is 39.7 Å². The van der Waals surface area contributed by atoms with Crippen LogP contribution in [0.25, 0.3) is 22.3 Å². The summed E-state index contributed by atoms with van der Waals surface area (Å²) in [5.74, 6) is 0.859. The second kappa shape index (κ2) is 7.87. The summed E-state index contributed by atoms with van der Waals surface area (Å²) in [7, 11) is 3.33. The molecule has 6 heteroatoms. The minimum Gasteiger partial charge on any atom is -0.480 e. The molecule has 0 N–H and O–H groups in total. The van der Waals surface area contributed by atoms with Crippen molar-refractivity contribution in [3.63, 3.8) is 0 Å². The van der Waals surface area contributed by atoms with Crippen molar-refractivity contribution in [2.24, 2.45) is 0 Å². The molecule has 0 saturated carbocycles. The molecule has 3 aromatic heterocycles. The molecule has 5 nitrogen and oxygen atoms in total. The fourth-order valence-electron chi connectivity index (χ4n) is 3.29. The SMILES string of the molecule is COC[C@H](C)n1cc(C)c2nc(-c3ccc(C(C)C)nc3OC)c(Cl)cc21. The molecule has 0 unspecified atom stereocenters. The Morgan fingerprint density at radius 2 is 1.89 bits per heavy atom. The van der Waals surface area contributed by atoms with Crippen LogP contribution in [0.5, 0.6) is 5.88 Å². The van der Waals surface area contributed by atoms with Crippen LogP contribution in [-0.2, 0) is 4.74 Å². The fourth-order valence-corrected chi connectivity index (χ4v) is 3.54. The van der Waals surface area contributed by atoms with Crippen LogP contribution in [-0.4, -0.2) is 35.4 Å². The van der Waals surface area contributed by atoms with Crippen LogP contribution in [0.3, 0.4) is 0 Å². The third kappa shape index (κ3) is 3.66. The number of rotatable bonds is 6. The molecule has 144 valence electrons. The number of halogens is 1. The molecule has 0 saturated heterocycles. The van der Waals surface area contributed by atoms with E-state index >= 15 is 0 Å². The van der Waals surface area contributed by atoms with Gasteiger partial charge in [-0.1, -0.05) is 25.4 Å². The molecule has 0 fully saturated rings. The van der Waals surface area contributed by atoms with Crippen molar-refractivity contribution >= 4 is 22.6 Å². The summed E-state index contributed by atoms with van der Waals surface area (Å²) in [5, 5.41) is 0.573. The van der Waals surface area contributed by atoms with Crippen molar-refractivity contribution < 1.29 is 9.47 Å². The third-order valence-corrected chi connectivity index (χ3v) is 5.03. The Balaban J connectivity index is 2.17. The van der Waals surface area contributed by atoms with Gasteiger partial charge in [0.1, 0.15) is 0 Å². The van der Waals surface area contributed by atoms with Gasteiger partial charge in [0.05, 0.1) is 47.1 Å². The number of aryl methyl sites for hydroxylation is 1. The van der Waals surface area contributed by atoms with E-state index in [-0.39, 0.29) is 6.04 Å². The second-order valence-electron chi connectivity index (χ2n) is 7.16. The number of aromatic nitrogens is 3. The van der Waals surface area contributed by atoms with Crippen LogP contribution in [0.15, 0.2) is 24.4 Å². The summed E-state index contributed by atoms with van der Waals surface area (Å²) >= 11 is 6.64. The van der Waals surface area contributed by atoms with Crippen LogP contribution in [0, 0.1) is 6.92 Å². The Hall–Kier alpha value is -2.11. The lowest BCUT2D eigenvalue weighted by Gasteiger charge is -2.15. The first-order valence-corrected chi connectivity index (χ1v) is 9.47. The van der Waals surface area contributed by atoms with Crippen LogP contribution in [0.1, 0.15) is 44.0 Å². The number of pyridine rings is 2. The Morgan fingerprint density at radius 3 is 2.52 bits per heavy atom. The average molecular weight is 388 g/mol. The van der Waals surface area contributed by atoms with Gasteiger partial charge in [-0.15, -0.1) is 0 Å². The minimum absolute atomic E-state index is 0.191.